The van der Waals surface area contributed by atoms with Crippen molar-refractivity contribution in [2.45, 2.75) is 25.9 Å². The summed E-state index contributed by atoms with van der Waals surface area (Å²) in [5, 5.41) is 3.62. The average molecular weight is 278 g/mol. The van der Waals surface area contributed by atoms with Crippen LogP contribution in [-0.2, 0) is 13.0 Å². The third-order valence-corrected chi connectivity index (χ3v) is 4.22. The van der Waals surface area contributed by atoms with E-state index < -0.39 is 0 Å². The van der Waals surface area contributed by atoms with Crippen LogP contribution in [0.15, 0.2) is 42.6 Å². The Bertz CT molecular complexity index is 790. The summed E-state index contributed by atoms with van der Waals surface area (Å²) < 4.78 is 2.22. The topological polar surface area (TPSA) is 42.7 Å². The zero-order valence-electron chi connectivity index (χ0n) is 12.1. The summed E-state index contributed by atoms with van der Waals surface area (Å²) in [6, 6.07) is 12.8. The van der Waals surface area contributed by atoms with Crippen LogP contribution < -0.4 is 5.32 Å². The first-order chi connectivity index (χ1) is 10.4. The molecular formula is C17H18N4. The highest BCUT2D eigenvalue weighted by Gasteiger charge is 2.26. The Hall–Kier alpha value is -2.20. The molecule has 1 aromatic carbocycles. The summed E-state index contributed by atoms with van der Waals surface area (Å²) in [6.45, 7) is 4.01. The maximum Gasteiger partial charge on any atom is 0.160 e. The van der Waals surface area contributed by atoms with Gasteiger partial charge in [-0.25, -0.2) is 9.97 Å². The lowest BCUT2D eigenvalue weighted by atomic mass is 9.94. The Labute approximate surface area is 123 Å². The van der Waals surface area contributed by atoms with Crippen LogP contribution in [0, 0.1) is 0 Å². The second-order valence-corrected chi connectivity index (χ2v) is 5.40. The van der Waals surface area contributed by atoms with Crippen molar-refractivity contribution in [1.82, 2.24) is 19.9 Å². The minimum absolute atomic E-state index is 0.157. The van der Waals surface area contributed by atoms with E-state index in [-0.39, 0.29) is 6.04 Å². The second kappa shape index (κ2) is 4.97. The molecule has 4 heteroatoms. The van der Waals surface area contributed by atoms with Gasteiger partial charge in [-0.3, -0.25) is 0 Å². The Kier molecular flexibility index (Phi) is 2.97. The molecule has 0 fully saturated rings. The van der Waals surface area contributed by atoms with E-state index in [0.717, 1.165) is 36.5 Å². The lowest BCUT2D eigenvalue weighted by Crippen LogP contribution is -2.32. The first-order valence-corrected chi connectivity index (χ1v) is 7.51. The Balaban J connectivity index is 1.91. The van der Waals surface area contributed by atoms with Crippen LogP contribution in [0.25, 0.3) is 11.2 Å². The Morgan fingerprint density at radius 1 is 1.24 bits per heavy atom. The Morgan fingerprint density at radius 2 is 2.14 bits per heavy atom. The van der Waals surface area contributed by atoms with Gasteiger partial charge < -0.3 is 9.88 Å². The molecule has 0 spiro atoms. The molecule has 0 radical (unpaired) electrons. The number of benzene rings is 1. The monoisotopic (exact) mass is 278 g/mol. The van der Waals surface area contributed by atoms with Crippen molar-refractivity contribution in [3.63, 3.8) is 0 Å². The first kappa shape index (κ1) is 12.5. The molecule has 1 unspecified atom stereocenters. The van der Waals surface area contributed by atoms with Crippen LogP contribution in [0.2, 0.25) is 0 Å². The number of hydrogen-bond donors (Lipinski definition) is 1. The van der Waals surface area contributed by atoms with Crippen molar-refractivity contribution in [3.8, 4) is 0 Å². The standard InChI is InChI=1S/C17H18N4/c1-2-21-16-14(8-5-10-19-16)20-17(21)15-13-7-4-3-6-12(13)9-11-18-15/h3-8,10,15,18H,2,9,11H2,1H3. The molecule has 0 aliphatic carbocycles. The molecule has 1 aliphatic rings. The third kappa shape index (κ3) is 1.94. The molecule has 2 aromatic heterocycles. The summed E-state index contributed by atoms with van der Waals surface area (Å²) in [5.74, 6) is 1.07. The van der Waals surface area contributed by atoms with E-state index in [2.05, 4.69) is 46.1 Å². The molecule has 0 bridgehead atoms. The number of nitrogens with one attached hydrogen (secondary N) is 1. The van der Waals surface area contributed by atoms with Crippen molar-refractivity contribution in [2.24, 2.45) is 0 Å². The highest BCUT2D eigenvalue weighted by Crippen LogP contribution is 2.29. The molecule has 0 saturated carbocycles. The van der Waals surface area contributed by atoms with Gasteiger partial charge >= 0.3 is 0 Å². The zero-order valence-corrected chi connectivity index (χ0v) is 12.1. The maximum atomic E-state index is 4.84. The molecule has 106 valence electrons. The molecule has 3 aromatic rings. The molecule has 1 atom stereocenters. The van der Waals surface area contributed by atoms with Gasteiger partial charge in [0.05, 0.1) is 6.04 Å². The highest BCUT2D eigenvalue weighted by molar-refractivity contribution is 5.71. The van der Waals surface area contributed by atoms with Crippen LogP contribution in [0.3, 0.4) is 0 Å². The SMILES string of the molecule is CCn1c(C2NCCc3ccccc32)nc2cccnc21. The maximum absolute atomic E-state index is 4.84. The van der Waals surface area contributed by atoms with Gasteiger partial charge in [0.1, 0.15) is 11.3 Å². The molecule has 0 amide bonds. The molecule has 3 heterocycles. The van der Waals surface area contributed by atoms with E-state index in [1.165, 1.54) is 11.1 Å². The fourth-order valence-corrected chi connectivity index (χ4v) is 3.24. The lowest BCUT2D eigenvalue weighted by Gasteiger charge is -2.26. The van der Waals surface area contributed by atoms with Crippen LogP contribution >= 0.6 is 0 Å². The molecule has 4 nitrogen and oxygen atoms in total. The predicted octanol–water partition coefficient (Wildman–Crippen LogP) is 2.69. The summed E-state index contributed by atoms with van der Waals surface area (Å²) in [5.41, 5.74) is 4.71. The van der Waals surface area contributed by atoms with E-state index in [9.17, 15) is 0 Å². The first-order valence-electron chi connectivity index (χ1n) is 7.51. The van der Waals surface area contributed by atoms with Gasteiger partial charge in [-0.05, 0) is 36.6 Å². The number of fused-ring (bicyclic) bond motifs is 2. The number of nitrogens with zero attached hydrogens (tertiary/aromatic N) is 3. The molecular weight excluding hydrogens is 260 g/mol. The number of imidazole rings is 1. The van der Waals surface area contributed by atoms with Crippen molar-refractivity contribution >= 4 is 11.2 Å². The van der Waals surface area contributed by atoms with Gasteiger partial charge in [0.2, 0.25) is 0 Å². The summed E-state index contributed by atoms with van der Waals surface area (Å²) in [6.07, 6.45) is 2.92. The zero-order chi connectivity index (χ0) is 14.2. The molecule has 1 aliphatic heterocycles. The van der Waals surface area contributed by atoms with Gasteiger partial charge in [-0.15, -0.1) is 0 Å². The second-order valence-electron chi connectivity index (χ2n) is 5.40. The molecule has 0 saturated heterocycles. The largest absolute Gasteiger partial charge is 0.311 e. The van der Waals surface area contributed by atoms with Gasteiger partial charge in [-0.2, -0.15) is 0 Å². The average Bonchev–Trinajstić information content (AvgIpc) is 2.92. The molecule has 4 rings (SSSR count). The van der Waals surface area contributed by atoms with Crippen LogP contribution in [-0.4, -0.2) is 21.1 Å². The fraction of sp³-hybridized carbons (Fsp3) is 0.294. The smallest absolute Gasteiger partial charge is 0.160 e. The molecule has 21 heavy (non-hydrogen) atoms. The minimum atomic E-state index is 0.157. The molecule has 1 N–H and O–H groups in total. The van der Waals surface area contributed by atoms with Crippen molar-refractivity contribution in [1.29, 1.82) is 0 Å². The van der Waals surface area contributed by atoms with Gasteiger partial charge in [0.25, 0.3) is 0 Å². The summed E-state index contributed by atoms with van der Waals surface area (Å²) >= 11 is 0. The van der Waals surface area contributed by atoms with Gasteiger partial charge in [-0.1, -0.05) is 24.3 Å². The van der Waals surface area contributed by atoms with E-state index in [4.69, 9.17) is 4.98 Å². The number of hydrogen-bond acceptors (Lipinski definition) is 3. The van der Waals surface area contributed by atoms with E-state index >= 15 is 0 Å². The third-order valence-electron chi connectivity index (χ3n) is 4.22. The number of pyridine rings is 1. The fourth-order valence-electron chi connectivity index (χ4n) is 3.24. The minimum Gasteiger partial charge on any atom is -0.311 e. The van der Waals surface area contributed by atoms with E-state index in [0.29, 0.717) is 0 Å². The predicted molar refractivity (Wildman–Crippen MR) is 83.2 cm³/mol. The Morgan fingerprint density at radius 3 is 3.05 bits per heavy atom. The summed E-state index contributed by atoms with van der Waals surface area (Å²) in [7, 11) is 0. The van der Waals surface area contributed by atoms with Gasteiger partial charge in [0, 0.05) is 19.3 Å². The van der Waals surface area contributed by atoms with Crippen LogP contribution in [0.4, 0.5) is 0 Å². The van der Waals surface area contributed by atoms with Crippen molar-refractivity contribution in [3.05, 3.63) is 59.5 Å². The van der Waals surface area contributed by atoms with Crippen LogP contribution in [0.5, 0.6) is 0 Å². The number of rotatable bonds is 2. The summed E-state index contributed by atoms with van der Waals surface area (Å²) in [4.78, 5) is 9.34. The van der Waals surface area contributed by atoms with Crippen molar-refractivity contribution < 1.29 is 0 Å². The van der Waals surface area contributed by atoms with E-state index in [1.807, 2.05) is 18.3 Å². The normalized spacial score (nSPS) is 17.9. The number of aromatic nitrogens is 3. The van der Waals surface area contributed by atoms with Crippen LogP contribution in [0.1, 0.15) is 29.9 Å². The number of aryl methyl sites for hydroxylation is 1. The highest BCUT2D eigenvalue weighted by atomic mass is 15.2. The van der Waals surface area contributed by atoms with Gasteiger partial charge in [0.15, 0.2) is 5.65 Å². The van der Waals surface area contributed by atoms with Crippen molar-refractivity contribution in [2.75, 3.05) is 6.54 Å². The quantitative estimate of drug-likeness (QED) is 0.783. The lowest BCUT2D eigenvalue weighted by molar-refractivity contribution is 0.521. The van der Waals surface area contributed by atoms with E-state index in [1.54, 1.807) is 0 Å².